The summed E-state index contributed by atoms with van der Waals surface area (Å²) in [5, 5.41) is 0.748. The molecule has 0 aliphatic carbocycles. The largest absolute Gasteiger partial charge is 0.491 e. The van der Waals surface area contributed by atoms with Gasteiger partial charge in [0.2, 0.25) is 5.91 Å². The molecule has 0 spiro atoms. The third-order valence-electron chi connectivity index (χ3n) is 5.32. The third-order valence-corrected chi connectivity index (χ3v) is 5.63. The van der Waals surface area contributed by atoms with E-state index in [1.165, 1.54) is 23.0 Å². The van der Waals surface area contributed by atoms with E-state index >= 15 is 0 Å². The zero-order valence-corrected chi connectivity index (χ0v) is 17.6. The van der Waals surface area contributed by atoms with Crippen molar-refractivity contribution in [2.45, 2.75) is 6.54 Å². The Labute approximate surface area is 183 Å². The Morgan fingerprint density at radius 1 is 1.13 bits per heavy atom. The van der Waals surface area contributed by atoms with Crippen LogP contribution in [-0.2, 0) is 11.3 Å². The number of fused-ring (bicyclic) bond motifs is 1. The van der Waals surface area contributed by atoms with Crippen LogP contribution in [0.2, 0.25) is 5.02 Å². The number of nitrogens with zero attached hydrogens (tertiary/aromatic N) is 4. The summed E-state index contributed by atoms with van der Waals surface area (Å²) in [6.45, 7) is 3.68. The minimum Gasteiger partial charge on any atom is -0.491 e. The normalized spacial score (nSPS) is 14.7. The maximum atomic E-state index is 13.5. The second kappa shape index (κ2) is 9.45. The number of halogens is 2. The lowest BCUT2D eigenvalue weighted by Gasteiger charge is -2.34. The molecule has 0 atom stereocenters. The molecule has 1 aliphatic heterocycles. The van der Waals surface area contributed by atoms with Crippen molar-refractivity contribution in [3.8, 4) is 5.75 Å². The topological polar surface area (TPSA) is 67.7 Å². The average molecular weight is 445 g/mol. The molecule has 1 aromatic heterocycles. The van der Waals surface area contributed by atoms with E-state index in [4.69, 9.17) is 16.3 Å². The highest BCUT2D eigenvalue weighted by atomic mass is 35.5. The van der Waals surface area contributed by atoms with Crippen LogP contribution in [0.25, 0.3) is 10.9 Å². The molecular weight excluding hydrogens is 423 g/mol. The molecule has 0 N–H and O–H groups in total. The summed E-state index contributed by atoms with van der Waals surface area (Å²) in [5.41, 5.74) is -0.0177. The zero-order valence-electron chi connectivity index (χ0n) is 16.8. The maximum absolute atomic E-state index is 13.5. The van der Waals surface area contributed by atoms with E-state index in [9.17, 15) is 14.0 Å². The molecule has 1 amide bonds. The van der Waals surface area contributed by atoms with Crippen LogP contribution >= 0.6 is 11.6 Å². The van der Waals surface area contributed by atoms with E-state index in [0.717, 1.165) is 12.6 Å². The number of rotatable bonds is 6. The maximum Gasteiger partial charge on any atom is 0.261 e. The summed E-state index contributed by atoms with van der Waals surface area (Å²) in [4.78, 5) is 33.3. The number of benzene rings is 2. The van der Waals surface area contributed by atoms with E-state index < -0.39 is 11.4 Å². The zero-order chi connectivity index (χ0) is 21.8. The second-order valence-electron chi connectivity index (χ2n) is 7.34. The average Bonchev–Trinajstić information content (AvgIpc) is 2.78. The number of piperazine rings is 1. The Bertz CT molecular complexity index is 1150. The SMILES string of the molecule is O=C(Cn1cnc2ccc(F)cc2c1=O)N1CCN(CCOc2ccccc2Cl)CC1. The first-order chi connectivity index (χ1) is 15.0. The number of para-hydroxylation sites is 1. The van der Waals surface area contributed by atoms with Gasteiger partial charge in [0.25, 0.3) is 5.56 Å². The molecule has 1 saturated heterocycles. The fourth-order valence-corrected chi connectivity index (χ4v) is 3.75. The first-order valence-electron chi connectivity index (χ1n) is 10.0. The van der Waals surface area contributed by atoms with E-state index in [1.807, 2.05) is 18.2 Å². The summed E-state index contributed by atoms with van der Waals surface area (Å²) in [7, 11) is 0. The molecule has 3 aromatic rings. The van der Waals surface area contributed by atoms with Crippen molar-refractivity contribution in [3.05, 3.63) is 70.0 Å². The molecule has 2 heterocycles. The Balaban J connectivity index is 1.29. The number of carbonyl (C=O) groups excluding carboxylic acids is 1. The molecule has 0 saturated carbocycles. The van der Waals surface area contributed by atoms with E-state index in [1.54, 1.807) is 11.0 Å². The van der Waals surface area contributed by atoms with Crippen molar-refractivity contribution >= 4 is 28.4 Å². The molecule has 0 unspecified atom stereocenters. The van der Waals surface area contributed by atoms with E-state index in [-0.39, 0.29) is 17.8 Å². The summed E-state index contributed by atoms with van der Waals surface area (Å²) in [5.74, 6) is -0.0102. The Morgan fingerprint density at radius 2 is 1.90 bits per heavy atom. The van der Waals surface area contributed by atoms with Crippen LogP contribution in [0.1, 0.15) is 0 Å². The fourth-order valence-electron chi connectivity index (χ4n) is 3.56. The van der Waals surface area contributed by atoms with Crippen molar-refractivity contribution in [1.29, 1.82) is 0 Å². The van der Waals surface area contributed by atoms with Crippen LogP contribution in [0, 0.1) is 5.82 Å². The highest BCUT2D eigenvalue weighted by Gasteiger charge is 2.22. The van der Waals surface area contributed by atoms with Gasteiger partial charge >= 0.3 is 0 Å². The monoisotopic (exact) mass is 444 g/mol. The van der Waals surface area contributed by atoms with Crippen molar-refractivity contribution in [2.24, 2.45) is 0 Å². The molecule has 1 aliphatic rings. The van der Waals surface area contributed by atoms with Crippen LogP contribution in [0.3, 0.4) is 0 Å². The number of aromatic nitrogens is 2. The Hall–Kier alpha value is -2.97. The number of carbonyl (C=O) groups is 1. The second-order valence-corrected chi connectivity index (χ2v) is 7.75. The molecule has 162 valence electrons. The molecule has 0 bridgehead atoms. The first kappa shape index (κ1) is 21.3. The summed E-state index contributed by atoms with van der Waals surface area (Å²) in [6, 6.07) is 11.2. The van der Waals surface area contributed by atoms with Gasteiger partial charge in [0.05, 0.1) is 22.3 Å². The van der Waals surface area contributed by atoms with Gasteiger partial charge in [-0.1, -0.05) is 23.7 Å². The highest BCUT2D eigenvalue weighted by Crippen LogP contribution is 2.22. The van der Waals surface area contributed by atoms with Gasteiger partial charge in [-0.05, 0) is 30.3 Å². The number of hydrogen-bond donors (Lipinski definition) is 0. The van der Waals surface area contributed by atoms with Gasteiger partial charge in [-0.2, -0.15) is 0 Å². The van der Waals surface area contributed by atoms with Gasteiger partial charge in [0, 0.05) is 32.7 Å². The first-order valence-corrected chi connectivity index (χ1v) is 10.4. The van der Waals surface area contributed by atoms with Crippen molar-refractivity contribution < 1.29 is 13.9 Å². The Kier molecular flexibility index (Phi) is 6.48. The highest BCUT2D eigenvalue weighted by molar-refractivity contribution is 6.32. The summed E-state index contributed by atoms with van der Waals surface area (Å²) >= 11 is 6.09. The lowest BCUT2D eigenvalue weighted by Crippen LogP contribution is -2.50. The Morgan fingerprint density at radius 3 is 2.68 bits per heavy atom. The number of amides is 1. The lowest BCUT2D eigenvalue weighted by molar-refractivity contribution is -0.133. The van der Waals surface area contributed by atoms with Gasteiger partial charge in [-0.3, -0.25) is 19.1 Å². The lowest BCUT2D eigenvalue weighted by atomic mass is 10.2. The molecule has 7 nitrogen and oxygen atoms in total. The molecule has 4 rings (SSSR count). The van der Waals surface area contributed by atoms with Gasteiger partial charge in [0.15, 0.2) is 0 Å². The quantitative estimate of drug-likeness (QED) is 0.584. The predicted molar refractivity (Wildman–Crippen MR) is 116 cm³/mol. The standard InChI is InChI=1S/C22H22ClFN4O3/c23-18-3-1-2-4-20(18)31-12-11-26-7-9-27(10-8-26)21(29)14-28-15-25-19-6-5-16(24)13-17(19)22(28)30/h1-6,13,15H,7-12,14H2. The molecule has 31 heavy (non-hydrogen) atoms. The van der Waals surface area contributed by atoms with Gasteiger partial charge in [-0.15, -0.1) is 0 Å². The van der Waals surface area contributed by atoms with Crippen molar-refractivity contribution in [3.63, 3.8) is 0 Å². The fraction of sp³-hybridized carbons (Fsp3) is 0.318. The van der Waals surface area contributed by atoms with Crippen molar-refractivity contribution in [1.82, 2.24) is 19.4 Å². The third kappa shape index (κ3) is 5.03. The summed E-state index contributed by atoms with van der Waals surface area (Å²) in [6.07, 6.45) is 1.34. The molecule has 1 fully saturated rings. The summed E-state index contributed by atoms with van der Waals surface area (Å²) < 4.78 is 20.4. The van der Waals surface area contributed by atoms with Crippen LogP contribution in [0.15, 0.2) is 53.6 Å². The van der Waals surface area contributed by atoms with Crippen LogP contribution < -0.4 is 10.3 Å². The number of hydrogen-bond acceptors (Lipinski definition) is 5. The smallest absolute Gasteiger partial charge is 0.261 e. The van der Waals surface area contributed by atoms with Gasteiger partial charge < -0.3 is 9.64 Å². The van der Waals surface area contributed by atoms with Crippen molar-refractivity contribution in [2.75, 3.05) is 39.3 Å². The predicted octanol–water partition coefficient (Wildman–Crippen LogP) is 2.41. The van der Waals surface area contributed by atoms with E-state index in [2.05, 4.69) is 9.88 Å². The van der Waals surface area contributed by atoms with E-state index in [0.29, 0.717) is 49.1 Å². The van der Waals surface area contributed by atoms with Gasteiger partial charge in [0.1, 0.15) is 24.7 Å². The molecule has 9 heteroatoms. The molecule has 2 aromatic carbocycles. The van der Waals surface area contributed by atoms with Gasteiger partial charge in [-0.25, -0.2) is 9.37 Å². The van der Waals surface area contributed by atoms with Crippen LogP contribution in [0.5, 0.6) is 5.75 Å². The van der Waals surface area contributed by atoms with Crippen LogP contribution in [-0.4, -0.2) is 64.6 Å². The molecular formula is C22H22ClFN4O3. The number of ether oxygens (including phenoxy) is 1. The van der Waals surface area contributed by atoms with Crippen LogP contribution in [0.4, 0.5) is 4.39 Å². The minimum atomic E-state index is -0.509. The molecule has 0 radical (unpaired) electrons. The minimum absolute atomic E-state index is 0.117.